The molecular weight excluding hydrogens is 283 g/mol. The number of ketones is 1. The van der Waals surface area contributed by atoms with Crippen LogP contribution in [0.25, 0.3) is 6.08 Å². The molecule has 0 aliphatic rings. The number of benzene rings is 1. The van der Waals surface area contributed by atoms with Gasteiger partial charge in [-0.15, -0.1) is 0 Å². The highest BCUT2D eigenvalue weighted by atomic mass is 19.1. The van der Waals surface area contributed by atoms with Crippen LogP contribution in [0.2, 0.25) is 0 Å². The fourth-order valence-corrected chi connectivity index (χ4v) is 1.83. The molecule has 1 aromatic carbocycles. The van der Waals surface area contributed by atoms with Gasteiger partial charge in [0.15, 0.2) is 5.78 Å². The molecule has 1 aromatic rings. The van der Waals surface area contributed by atoms with E-state index in [1.54, 1.807) is 13.8 Å². The molecule has 1 rings (SSSR count). The third kappa shape index (κ3) is 3.79. The highest BCUT2D eigenvalue weighted by molar-refractivity contribution is 6.07. The summed E-state index contributed by atoms with van der Waals surface area (Å²) in [6.07, 6.45) is 2.53. The van der Waals surface area contributed by atoms with Crippen molar-refractivity contribution >= 4 is 24.0 Å². The first-order valence-corrected chi connectivity index (χ1v) is 6.91. The molecule has 0 heterocycles. The van der Waals surface area contributed by atoms with Gasteiger partial charge in [-0.2, -0.15) is 5.26 Å². The van der Waals surface area contributed by atoms with Gasteiger partial charge in [0, 0.05) is 12.5 Å². The summed E-state index contributed by atoms with van der Waals surface area (Å²) in [5.41, 5.74) is 0.0647. The summed E-state index contributed by atoms with van der Waals surface area (Å²) in [4.78, 5) is 24.5. The van der Waals surface area contributed by atoms with Crippen LogP contribution in [-0.2, 0) is 9.59 Å². The lowest BCUT2D eigenvalue weighted by Crippen LogP contribution is -2.24. The first-order chi connectivity index (χ1) is 10.3. The predicted octanol–water partition coefficient (Wildman–Crippen LogP) is 3.33. The molecule has 0 bridgehead atoms. The predicted molar refractivity (Wildman–Crippen MR) is 83.5 cm³/mol. The molecule has 0 fully saturated rings. The molecule has 0 aliphatic heterocycles. The lowest BCUT2D eigenvalue weighted by atomic mass is 9.81. The molecule has 0 unspecified atom stereocenters. The Bertz CT molecular complexity index is 657. The molecular formula is C17H19FN2O2. The first-order valence-electron chi connectivity index (χ1n) is 6.91. The van der Waals surface area contributed by atoms with Gasteiger partial charge >= 0.3 is 0 Å². The SMILES string of the molecule is CCC(C)(C)C(=O)/C(C#N)=C\c1ccc(F)cc1N(C)C=O. The summed E-state index contributed by atoms with van der Waals surface area (Å²) in [5.74, 6) is -0.777. The van der Waals surface area contributed by atoms with Crippen molar-refractivity contribution in [1.82, 2.24) is 0 Å². The van der Waals surface area contributed by atoms with Crippen molar-refractivity contribution in [1.29, 1.82) is 5.26 Å². The van der Waals surface area contributed by atoms with Gasteiger partial charge in [-0.05, 0) is 36.3 Å². The van der Waals surface area contributed by atoms with Crippen molar-refractivity contribution in [3.05, 3.63) is 35.2 Å². The molecule has 4 nitrogen and oxygen atoms in total. The van der Waals surface area contributed by atoms with Gasteiger partial charge in [0.25, 0.3) is 0 Å². The largest absolute Gasteiger partial charge is 0.317 e. The number of halogens is 1. The van der Waals surface area contributed by atoms with Crippen LogP contribution in [0.1, 0.15) is 32.8 Å². The molecule has 0 saturated heterocycles. The first kappa shape index (κ1) is 17.6. The number of hydrogen-bond donors (Lipinski definition) is 0. The minimum absolute atomic E-state index is 0.0148. The van der Waals surface area contributed by atoms with Gasteiger partial charge in [-0.3, -0.25) is 9.59 Å². The average molecular weight is 302 g/mol. The van der Waals surface area contributed by atoms with Gasteiger partial charge in [0.05, 0.1) is 11.3 Å². The van der Waals surface area contributed by atoms with Crippen LogP contribution in [-0.4, -0.2) is 19.2 Å². The van der Waals surface area contributed by atoms with E-state index < -0.39 is 11.2 Å². The molecule has 0 atom stereocenters. The van der Waals surface area contributed by atoms with Crippen molar-refractivity contribution < 1.29 is 14.0 Å². The van der Waals surface area contributed by atoms with E-state index in [0.717, 1.165) is 0 Å². The summed E-state index contributed by atoms with van der Waals surface area (Å²) < 4.78 is 13.4. The Kier molecular flexibility index (Phi) is 5.58. The summed E-state index contributed by atoms with van der Waals surface area (Å²) in [7, 11) is 1.48. The Balaban J connectivity index is 3.39. The van der Waals surface area contributed by atoms with Gasteiger partial charge in [-0.25, -0.2) is 4.39 Å². The number of Topliss-reactive ketones (excluding diaryl/α,β-unsaturated/α-hetero) is 1. The Morgan fingerprint density at radius 1 is 1.45 bits per heavy atom. The van der Waals surface area contributed by atoms with Crippen molar-refractivity contribution in [2.45, 2.75) is 27.2 Å². The molecule has 0 radical (unpaired) electrons. The Labute approximate surface area is 129 Å². The number of rotatable bonds is 6. The molecule has 0 N–H and O–H groups in total. The second-order valence-electron chi connectivity index (χ2n) is 5.66. The van der Waals surface area contributed by atoms with Gasteiger partial charge in [0.2, 0.25) is 6.41 Å². The van der Waals surface area contributed by atoms with Gasteiger partial charge in [-0.1, -0.05) is 20.8 Å². The Hall–Kier alpha value is -2.48. The second kappa shape index (κ2) is 6.99. The standard InChI is InChI=1S/C17H19FN2O2/c1-5-17(2,3)16(22)13(10-19)8-12-6-7-14(18)9-15(12)20(4)11-21/h6-9,11H,5H2,1-4H3/b13-8-. The van der Waals surface area contributed by atoms with E-state index >= 15 is 0 Å². The molecule has 0 aromatic heterocycles. The lowest BCUT2D eigenvalue weighted by molar-refractivity contribution is -0.122. The van der Waals surface area contributed by atoms with E-state index in [4.69, 9.17) is 0 Å². The van der Waals surface area contributed by atoms with Crippen molar-refractivity contribution in [3.8, 4) is 6.07 Å². The third-order valence-corrected chi connectivity index (χ3v) is 3.69. The van der Waals surface area contributed by atoms with Crippen LogP contribution >= 0.6 is 0 Å². The van der Waals surface area contributed by atoms with Crippen LogP contribution in [0.4, 0.5) is 10.1 Å². The number of carbonyl (C=O) groups excluding carboxylic acids is 2. The van der Waals surface area contributed by atoms with E-state index in [1.165, 1.54) is 36.2 Å². The molecule has 0 aliphatic carbocycles. The number of anilines is 1. The molecule has 22 heavy (non-hydrogen) atoms. The highest BCUT2D eigenvalue weighted by Gasteiger charge is 2.28. The average Bonchev–Trinajstić information content (AvgIpc) is 2.52. The molecule has 0 spiro atoms. The number of amides is 1. The Morgan fingerprint density at radius 3 is 2.59 bits per heavy atom. The maximum atomic E-state index is 13.4. The summed E-state index contributed by atoms with van der Waals surface area (Å²) >= 11 is 0. The topological polar surface area (TPSA) is 61.2 Å². The third-order valence-electron chi connectivity index (χ3n) is 3.69. The minimum atomic E-state index is -0.654. The second-order valence-corrected chi connectivity index (χ2v) is 5.66. The number of nitriles is 1. The minimum Gasteiger partial charge on any atom is -0.317 e. The van der Waals surface area contributed by atoms with E-state index in [9.17, 15) is 19.2 Å². The van der Waals surface area contributed by atoms with Crippen LogP contribution in [0.5, 0.6) is 0 Å². The van der Waals surface area contributed by atoms with Crippen LogP contribution in [0.15, 0.2) is 23.8 Å². The van der Waals surface area contributed by atoms with E-state index in [0.29, 0.717) is 24.1 Å². The Morgan fingerprint density at radius 2 is 2.09 bits per heavy atom. The van der Waals surface area contributed by atoms with E-state index in [-0.39, 0.29) is 11.4 Å². The quantitative estimate of drug-likeness (QED) is 0.460. The van der Waals surface area contributed by atoms with E-state index in [2.05, 4.69) is 0 Å². The van der Waals surface area contributed by atoms with Crippen molar-refractivity contribution in [3.63, 3.8) is 0 Å². The number of nitrogens with zero attached hydrogens (tertiary/aromatic N) is 2. The monoisotopic (exact) mass is 302 g/mol. The van der Waals surface area contributed by atoms with Gasteiger partial charge in [0.1, 0.15) is 11.9 Å². The molecule has 116 valence electrons. The normalized spacial score (nSPS) is 11.7. The molecule has 1 amide bonds. The molecule has 0 saturated carbocycles. The maximum Gasteiger partial charge on any atom is 0.213 e. The fraction of sp³-hybridized carbons (Fsp3) is 0.353. The number of carbonyl (C=O) groups is 2. The fourth-order valence-electron chi connectivity index (χ4n) is 1.83. The van der Waals surface area contributed by atoms with Crippen LogP contribution in [0.3, 0.4) is 0 Å². The highest BCUT2D eigenvalue weighted by Crippen LogP contribution is 2.28. The zero-order chi connectivity index (χ0) is 16.9. The van der Waals surface area contributed by atoms with E-state index in [1.807, 2.05) is 13.0 Å². The summed E-state index contributed by atoms with van der Waals surface area (Å²) in [6.45, 7) is 5.41. The van der Waals surface area contributed by atoms with Crippen molar-refractivity contribution in [2.24, 2.45) is 5.41 Å². The summed E-state index contributed by atoms with van der Waals surface area (Å²) in [6, 6.07) is 5.75. The zero-order valence-electron chi connectivity index (χ0n) is 13.2. The van der Waals surface area contributed by atoms with Crippen LogP contribution < -0.4 is 4.90 Å². The smallest absolute Gasteiger partial charge is 0.213 e. The van der Waals surface area contributed by atoms with Gasteiger partial charge < -0.3 is 4.90 Å². The maximum absolute atomic E-state index is 13.4. The van der Waals surface area contributed by atoms with Crippen molar-refractivity contribution in [2.75, 3.05) is 11.9 Å². The molecule has 5 heteroatoms. The zero-order valence-corrected chi connectivity index (χ0v) is 13.2. The number of allylic oxidation sites excluding steroid dienone is 1. The van der Waals surface area contributed by atoms with Crippen LogP contribution in [0, 0.1) is 22.6 Å². The number of hydrogen-bond acceptors (Lipinski definition) is 3. The lowest BCUT2D eigenvalue weighted by Gasteiger charge is -2.20. The summed E-state index contributed by atoms with van der Waals surface area (Å²) in [5, 5.41) is 9.26.